The molecule has 40 heavy (non-hydrogen) atoms. The van der Waals surface area contributed by atoms with Crippen LogP contribution in [0.2, 0.25) is 0 Å². The monoisotopic (exact) mass is 548 g/mol. The Kier molecular flexibility index (Phi) is 9.48. The van der Waals surface area contributed by atoms with Crippen molar-refractivity contribution >= 4 is 23.1 Å². The summed E-state index contributed by atoms with van der Waals surface area (Å²) < 4.78 is 9.88. The highest BCUT2D eigenvalue weighted by Gasteiger charge is 2.26. The maximum absolute atomic E-state index is 14.0. The van der Waals surface area contributed by atoms with Gasteiger partial charge in [-0.25, -0.2) is 9.59 Å². The zero-order valence-electron chi connectivity index (χ0n) is 24.0. The third kappa shape index (κ3) is 6.15. The average Bonchev–Trinajstić information content (AvgIpc) is 3.33. The number of unbranched alkanes of at least 4 members (excludes halogenated alkanes) is 3. The topological polar surface area (TPSA) is 117 Å². The molecule has 1 fully saturated rings. The van der Waals surface area contributed by atoms with E-state index in [1.165, 1.54) is 4.57 Å². The molecule has 214 valence electrons. The van der Waals surface area contributed by atoms with Crippen molar-refractivity contribution in [2.75, 3.05) is 24.6 Å². The number of benzene rings is 1. The Morgan fingerprint density at radius 2 is 2.00 bits per heavy atom. The van der Waals surface area contributed by atoms with Crippen molar-refractivity contribution in [2.24, 2.45) is 12.8 Å². The number of fused-ring (bicyclic) bond motifs is 1. The zero-order valence-corrected chi connectivity index (χ0v) is 24.0. The van der Waals surface area contributed by atoms with Crippen molar-refractivity contribution in [1.29, 1.82) is 0 Å². The van der Waals surface area contributed by atoms with E-state index in [1.807, 2.05) is 13.0 Å². The molecule has 1 aliphatic heterocycles. The Morgan fingerprint density at radius 1 is 1.20 bits per heavy atom. The number of aromatic nitrogens is 4. The van der Waals surface area contributed by atoms with E-state index in [0.717, 1.165) is 55.2 Å². The van der Waals surface area contributed by atoms with Crippen molar-refractivity contribution in [3.05, 3.63) is 55.7 Å². The van der Waals surface area contributed by atoms with Gasteiger partial charge in [-0.3, -0.25) is 18.5 Å². The van der Waals surface area contributed by atoms with Gasteiger partial charge in [-0.15, -0.1) is 5.92 Å². The van der Waals surface area contributed by atoms with E-state index in [1.54, 1.807) is 30.7 Å². The summed E-state index contributed by atoms with van der Waals surface area (Å²) in [5.74, 6) is 6.07. The van der Waals surface area contributed by atoms with Crippen molar-refractivity contribution in [3.63, 3.8) is 0 Å². The first-order chi connectivity index (χ1) is 19.3. The van der Waals surface area contributed by atoms with Gasteiger partial charge in [0.15, 0.2) is 11.2 Å². The number of aryl methyl sites for hydroxylation is 2. The van der Waals surface area contributed by atoms with Crippen LogP contribution in [0.1, 0.15) is 73.9 Å². The van der Waals surface area contributed by atoms with Gasteiger partial charge in [0, 0.05) is 26.2 Å². The van der Waals surface area contributed by atoms with Crippen LogP contribution in [-0.4, -0.2) is 50.4 Å². The van der Waals surface area contributed by atoms with Crippen LogP contribution < -0.4 is 21.9 Å². The third-order valence-corrected chi connectivity index (χ3v) is 7.41. The molecular weight excluding hydrogens is 508 g/mol. The normalized spacial score (nSPS) is 15.2. The molecule has 0 spiro atoms. The summed E-state index contributed by atoms with van der Waals surface area (Å²) in [6.07, 6.45) is 5.83. The van der Waals surface area contributed by atoms with E-state index in [-0.39, 0.29) is 19.1 Å². The van der Waals surface area contributed by atoms with Crippen molar-refractivity contribution in [3.8, 4) is 11.8 Å². The minimum atomic E-state index is -0.509. The van der Waals surface area contributed by atoms with Crippen LogP contribution >= 0.6 is 0 Å². The summed E-state index contributed by atoms with van der Waals surface area (Å²) in [5.41, 5.74) is 7.64. The lowest BCUT2D eigenvalue weighted by atomic mass is 10.0. The van der Waals surface area contributed by atoms with Gasteiger partial charge in [-0.05, 0) is 44.7 Å². The van der Waals surface area contributed by atoms with Gasteiger partial charge >= 0.3 is 11.7 Å². The molecular formula is C30H40N6O4. The molecule has 10 heteroatoms. The number of nitrogens with zero attached hydrogens (tertiary/aromatic N) is 5. The number of rotatable bonds is 10. The van der Waals surface area contributed by atoms with Crippen LogP contribution in [0.5, 0.6) is 0 Å². The molecule has 3 aromatic rings. The first-order valence-corrected chi connectivity index (χ1v) is 14.1. The molecule has 0 unspecified atom stereocenters. The fraction of sp³-hybridized carbons (Fsp3) is 0.533. The second kappa shape index (κ2) is 13.0. The lowest BCUT2D eigenvalue weighted by Crippen LogP contribution is -2.44. The Morgan fingerprint density at radius 3 is 2.73 bits per heavy atom. The summed E-state index contributed by atoms with van der Waals surface area (Å²) in [6, 6.07) is 5.39. The first-order valence-electron chi connectivity index (χ1n) is 14.1. The summed E-state index contributed by atoms with van der Waals surface area (Å²) in [6.45, 7) is 7.64. The number of carbonyl (C=O) groups is 1. The van der Waals surface area contributed by atoms with Crippen LogP contribution in [-0.2, 0) is 24.9 Å². The second-order valence-electron chi connectivity index (χ2n) is 10.5. The SMILES string of the molecule is CC#CCn1c(N2CCC[C@@H](N)C2)nc2c1c(=O)n(Cc1ccc(C)cc1C(=O)OCCCCCC)c(=O)n2C. The number of imidazole rings is 1. The average molecular weight is 549 g/mol. The molecule has 0 radical (unpaired) electrons. The predicted octanol–water partition coefficient (Wildman–Crippen LogP) is 2.94. The number of anilines is 1. The van der Waals surface area contributed by atoms with Gasteiger partial charge in [-0.1, -0.05) is 49.8 Å². The Balaban J connectivity index is 1.77. The van der Waals surface area contributed by atoms with E-state index >= 15 is 0 Å². The maximum Gasteiger partial charge on any atom is 0.338 e. The zero-order chi connectivity index (χ0) is 28.8. The van der Waals surface area contributed by atoms with Gasteiger partial charge in [0.05, 0.1) is 25.3 Å². The molecule has 2 aromatic heterocycles. The molecule has 0 amide bonds. The minimum Gasteiger partial charge on any atom is -0.462 e. The lowest BCUT2D eigenvalue weighted by Gasteiger charge is -2.31. The Hall–Kier alpha value is -3.84. The minimum absolute atomic E-state index is 0.00566. The van der Waals surface area contributed by atoms with Crippen LogP contribution in [0.3, 0.4) is 0 Å². The number of hydrogen-bond acceptors (Lipinski definition) is 7. The Labute approximate surface area is 234 Å². The molecule has 4 rings (SSSR count). The highest BCUT2D eigenvalue weighted by Crippen LogP contribution is 2.23. The van der Waals surface area contributed by atoms with Gasteiger partial charge in [0.1, 0.15) is 0 Å². The summed E-state index contributed by atoms with van der Waals surface area (Å²) >= 11 is 0. The van der Waals surface area contributed by atoms with Gasteiger partial charge in [0.2, 0.25) is 5.95 Å². The van der Waals surface area contributed by atoms with Gasteiger partial charge in [-0.2, -0.15) is 4.98 Å². The van der Waals surface area contributed by atoms with E-state index in [0.29, 0.717) is 41.4 Å². The predicted molar refractivity (Wildman–Crippen MR) is 157 cm³/mol. The number of ether oxygens (including phenoxy) is 1. The van der Waals surface area contributed by atoms with Crippen molar-refractivity contribution < 1.29 is 9.53 Å². The van der Waals surface area contributed by atoms with E-state index in [9.17, 15) is 14.4 Å². The molecule has 0 aliphatic carbocycles. The molecule has 1 atom stereocenters. The van der Waals surface area contributed by atoms with Crippen LogP contribution in [0, 0.1) is 18.8 Å². The van der Waals surface area contributed by atoms with Crippen molar-refractivity contribution in [2.45, 2.75) is 78.4 Å². The quantitative estimate of drug-likeness (QED) is 0.235. The number of carbonyl (C=O) groups excluding carboxylic acids is 1. The maximum atomic E-state index is 14.0. The molecule has 2 N–H and O–H groups in total. The third-order valence-electron chi connectivity index (χ3n) is 7.41. The largest absolute Gasteiger partial charge is 0.462 e. The molecule has 1 saturated heterocycles. The van der Waals surface area contributed by atoms with Crippen LogP contribution in [0.25, 0.3) is 11.2 Å². The van der Waals surface area contributed by atoms with E-state index in [4.69, 9.17) is 15.5 Å². The van der Waals surface area contributed by atoms with E-state index < -0.39 is 17.2 Å². The molecule has 1 aliphatic rings. The number of piperidine rings is 1. The van der Waals surface area contributed by atoms with Gasteiger partial charge < -0.3 is 15.4 Å². The summed E-state index contributed by atoms with van der Waals surface area (Å²) in [7, 11) is 1.61. The number of hydrogen-bond donors (Lipinski definition) is 1. The fourth-order valence-electron chi connectivity index (χ4n) is 5.20. The van der Waals surface area contributed by atoms with Crippen LogP contribution in [0.4, 0.5) is 5.95 Å². The van der Waals surface area contributed by atoms with Crippen molar-refractivity contribution in [1.82, 2.24) is 18.7 Å². The standard InChI is InChI=1S/C30H40N6O4/c1-5-7-9-10-17-40-28(38)24-18-21(3)13-14-22(24)19-36-27(37)25-26(33(4)30(36)39)32-29(35(25)16-8-6-2)34-15-11-12-23(31)20-34/h13-14,18,23H,5,7,9-12,15-17,19-20,31H2,1-4H3/t23-/m1/s1. The summed E-state index contributed by atoms with van der Waals surface area (Å²) in [4.78, 5) is 47.3. The number of nitrogens with two attached hydrogens (primary N) is 1. The van der Waals surface area contributed by atoms with E-state index in [2.05, 4.69) is 23.7 Å². The molecule has 0 bridgehead atoms. The second-order valence-corrected chi connectivity index (χ2v) is 10.5. The molecule has 3 heterocycles. The highest BCUT2D eigenvalue weighted by atomic mass is 16.5. The van der Waals surface area contributed by atoms with Crippen LogP contribution in [0.15, 0.2) is 27.8 Å². The molecule has 1 aromatic carbocycles. The number of esters is 1. The highest BCUT2D eigenvalue weighted by molar-refractivity contribution is 5.91. The Bertz CT molecular complexity index is 1550. The molecule has 10 nitrogen and oxygen atoms in total. The lowest BCUT2D eigenvalue weighted by molar-refractivity contribution is 0.0496. The van der Waals surface area contributed by atoms with Gasteiger partial charge in [0.25, 0.3) is 5.56 Å². The first kappa shape index (κ1) is 29.2. The fourth-order valence-corrected chi connectivity index (χ4v) is 5.20. The molecule has 0 saturated carbocycles. The summed E-state index contributed by atoms with van der Waals surface area (Å²) in [5, 5.41) is 0. The smallest absolute Gasteiger partial charge is 0.338 e.